The Bertz CT molecular complexity index is 952. The van der Waals surface area contributed by atoms with Crippen LogP contribution in [0.15, 0.2) is 42.5 Å². The number of fused-ring (bicyclic) bond motifs is 1. The van der Waals surface area contributed by atoms with Crippen molar-refractivity contribution in [3.63, 3.8) is 0 Å². The highest BCUT2D eigenvalue weighted by atomic mass is 16.2. The fraction of sp³-hybridized carbons (Fsp3) is 0.409. The standard InChI is InChI=1S/C22H26N4O3/c1-15(17-10-9-16-7-3-4-8-18(16)13-17)23-14-19(27)25-26-20(28)22(24-21(26)29)11-5-2-6-12-22/h3-4,7-10,13,15,23H,2,5-6,11-12,14H2,1H3,(H,24,29)(H,25,27)/t15-/m0/s1. The number of nitrogens with one attached hydrogen (secondary N) is 3. The van der Waals surface area contributed by atoms with Gasteiger partial charge < -0.3 is 10.6 Å². The summed E-state index contributed by atoms with van der Waals surface area (Å²) < 4.78 is 0. The molecule has 0 radical (unpaired) electrons. The van der Waals surface area contributed by atoms with E-state index in [0.717, 1.165) is 40.6 Å². The summed E-state index contributed by atoms with van der Waals surface area (Å²) in [7, 11) is 0. The summed E-state index contributed by atoms with van der Waals surface area (Å²) in [6.07, 6.45) is 4.12. The highest BCUT2D eigenvalue weighted by Gasteiger charge is 2.52. The monoisotopic (exact) mass is 394 g/mol. The van der Waals surface area contributed by atoms with Crippen molar-refractivity contribution in [3.8, 4) is 0 Å². The predicted octanol–water partition coefficient (Wildman–Crippen LogP) is 2.78. The van der Waals surface area contributed by atoms with Crippen LogP contribution in [0, 0.1) is 0 Å². The highest BCUT2D eigenvalue weighted by molar-refractivity contribution is 6.08. The number of hydrazine groups is 1. The van der Waals surface area contributed by atoms with E-state index in [1.807, 2.05) is 25.1 Å². The molecular weight excluding hydrogens is 368 g/mol. The minimum absolute atomic E-state index is 0.00193. The minimum Gasteiger partial charge on any atom is -0.322 e. The summed E-state index contributed by atoms with van der Waals surface area (Å²) in [6.45, 7) is 1.97. The van der Waals surface area contributed by atoms with Gasteiger partial charge in [-0.3, -0.25) is 15.0 Å². The Hall–Kier alpha value is -2.93. The van der Waals surface area contributed by atoms with Gasteiger partial charge in [-0.05, 0) is 42.2 Å². The number of imide groups is 1. The number of hydrogen-bond donors (Lipinski definition) is 3. The molecule has 1 atom stereocenters. The van der Waals surface area contributed by atoms with Crippen LogP contribution >= 0.6 is 0 Å². The van der Waals surface area contributed by atoms with Crippen molar-refractivity contribution in [2.24, 2.45) is 0 Å². The predicted molar refractivity (Wildman–Crippen MR) is 110 cm³/mol. The Morgan fingerprint density at radius 1 is 1.10 bits per heavy atom. The quantitative estimate of drug-likeness (QED) is 0.680. The lowest BCUT2D eigenvalue weighted by molar-refractivity contribution is -0.139. The van der Waals surface area contributed by atoms with Crippen molar-refractivity contribution in [2.45, 2.75) is 50.6 Å². The van der Waals surface area contributed by atoms with Crippen molar-refractivity contribution < 1.29 is 14.4 Å². The third-order valence-corrected chi connectivity index (χ3v) is 5.95. The van der Waals surface area contributed by atoms with E-state index >= 15 is 0 Å². The molecule has 4 rings (SSSR count). The summed E-state index contributed by atoms with van der Waals surface area (Å²) in [4.78, 5) is 37.3. The third-order valence-electron chi connectivity index (χ3n) is 5.95. The van der Waals surface area contributed by atoms with Crippen LogP contribution in [-0.4, -0.2) is 34.9 Å². The van der Waals surface area contributed by atoms with E-state index < -0.39 is 17.5 Å². The Morgan fingerprint density at radius 2 is 1.83 bits per heavy atom. The molecule has 2 aromatic carbocycles. The lowest BCUT2D eigenvalue weighted by Crippen LogP contribution is -2.52. The molecule has 7 heteroatoms. The molecule has 1 aliphatic heterocycles. The van der Waals surface area contributed by atoms with Gasteiger partial charge in [-0.25, -0.2) is 4.79 Å². The van der Waals surface area contributed by atoms with Crippen LogP contribution < -0.4 is 16.1 Å². The number of amides is 4. The highest BCUT2D eigenvalue weighted by Crippen LogP contribution is 2.33. The van der Waals surface area contributed by atoms with Crippen LogP contribution in [0.25, 0.3) is 10.8 Å². The summed E-state index contributed by atoms with van der Waals surface area (Å²) in [5, 5.41) is 9.09. The molecule has 3 N–H and O–H groups in total. The van der Waals surface area contributed by atoms with Crippen molar-refractivity contribution in [2.75, 3.05) is 6.54 Å². The van der Waals surface area contributed by atoms with Gasteiger partial charge in [-0.2, -0.15) is 5.01 Å². The van der Waals surface area contributed by atoms with E-state index in [2.05, 4.69) is 40.3 Å². The Balaban J connectivity index is 1.34. The first kappa shape index (κ1) is 19.4. The minimum atomic E-state index is -0.839. The molecule has 2 fully saturated rings. The van der Waals surface area contributed by atoms with Crippen molar-refractivity contribution in [3.05, 3.63) is 48.0 Å². The van der Waals surface area contributed by atoms with Gasteiger partial charge in [0, 0.05) is 6.04 Å². The third kappa shape index (κ3) is 3.82. The van der Waals surface area contributed by atoms with E-state index in [-0.39, 0.29) is 18.5 Å². The maximum absolute atomic E-state index is 12.7. The molecular formula is C22H26N4O3. The summed E-state index contributed by atoms with van der Waals surface area (Å²) in [6, 6.07) is 13.7. The van der Waals surface area contributed by atoms with Gasteiger partial charge in [-0.15, -0.1) is 0 Å². The van der Waals surface area contributed by atoms with Gasteiger partial charge in [-0.1, -0.05) is 55.7 Å². The molecule has 7 nitrogen and oxygen atoms in total. The number of hydrogen-bond acceptors (Lipinski definition) is 4. The van der Waals surface area contributed by atoms with Crippen LogP contribution in [-0.2, 0) is 9.59 Å². The number of nitrogens with zero attached hydrogens (tertiary/aromatic N) is 1. The fourth-order valence-electron chi connectivity index (χ4n) is 4.22. The molecule has 0 bridgehead atoms. The average Bonchev–Trinajstić information content (AvgIpc) is 2.96. The first-order valence-electron chi connectivity index (χ1n) is 10.2. The first-order valence-corrected chi connectivity index (χ1v) is 10.2. The van der Waals surface area contributed by atoms with Crippen LogP contribution in [0.4, 0.5) is 4.79 Å². The molecule has 2 aromatic rings. The molecule has 152 valence electrons. The molecule has 29 heavy (non-hydrogen) atoms. The SMILES string of the molecule is C[C@H](NCC(=O)NN1C(=O)NC2(CCCCC2)C1=O)c1ccc2ccccc2c1. The Labute approximate surface area is 169 Å². The van der Waals surface area contributed by atoms with Gasteiger partial charge in [0.25, 0.3) is 11.8 Å². The number of carbonyl (C=O) groups excluding carboxylic acids is 3. The van der Waals surface area contributed by atoms with E-state index in [0.29, 0.717) is 12.8 Å². The maximum atomic E-state index is 12.7. The fourth-order valence-corrected chi connectivity index (χ4v) is 4.22. The van der Waals surface area contributed by atoms with Crippen molar-refractivity contribution >= 4 is 28.6 Å². The van der Waals surface area contributed by atoms with Crippen LogP contribution in [0.2, 0.25) is 0 Å². The lowest BCUT2D eigenvalue weighted by Gasteiger charge is -2.30. The van der Waals surface area contributed by atoms with Crippen molar-refractivity contribution in [1.82, 2.24) is 21.1 Å². The van der Waals surface area contributed by atoms with Gasteiger partial charge >= 0.3 is 6.03 Å². The van der Waals surface area contributed by atoms with Crippen LogP contribution in [0.1, 0.15) is 50.6 Å². The maximum Gasteiger partial charge on any atom is 0.344 e. The molecule has 1 saturated heterocycles. The Kier molecular flexibility index (Phi) is 5.24. The lowest BCUT2D eigenvalue weighted by atomic mass is 9.82. The number of urea groups is 1. The van der Waals surface area contributed by atoms with Gasteiger partial charge in [0.15, 0.2) is 0 Å². The number of carbonyl (C=O) groups is 3. The van der Waals surface area contributed by atoms with Crippen LogP contribution in [0.3, 0.4) is 0 Å². The number of rotatable bonds is 5. The van der Waals surface area contributed by atoms with Gasteiger partial charge in [0.2, 0.25) is 0 Å². The smallest absolute Gasteiger partial charge is 0.322 e. The topological polar surface area (TPSA) is 90.5 Å². The summed E-state index contributed by atoms with van der Waals surface area (Å²) >= 11 is 0. The van der Waals surface area contributed by atoms with E-state index in [1.54, 1.807) is 0 Å². The van der Waals surface area contributed by atoms with E-state index in [9.17, 15) is 14.4 Å². The largest absolute Gasteiger partial charge is 0.344 e. The van der Waals surface area contributed by atoms with Crippen LogP contribution in [0.5, 0.6) is 0 Å². The molecule has 1 spiro atoms. The molecule has 0 aromatic heterocycles. The van der Waals surface area contributed by atoms with Crippen molar-refractivity contribution in [1.29, 1.82) is 0 Å². The van der Waals surface area contributed by atoms with Gasteiger partial charge in [0.1, 0.15) is 5.54 Å². The van der Waals surface area contributed by atoms with Gasteiger partial charge in [0.05, 0.1) is 6.54 Å². The van der Waals surface area contributed by atoms with E-state index in [1.165, 1.54) is 0 Å². The molecule has 1 saturated carbocycles. The molecule has 2 aliphatic rings. The Morgan fingerprint density at radius 3 is 2.59 bits per heavy atom. The molecule has 4 amide bonds. The second-order valence-electron chi connectivity index (χ2n) is 7.96. The average molecular weight is 394 g/mol. The zero-order valence-corrected chi connectivity index (χ0v) is 16.5. The molecule has 1 aliphatic carbocycles. The summed E-state index contributed by atoms with van der Waals surface area (Å²) in [5.74, 6) is -0.771. The summed E-state index contributed by atoms with van der Waals surface area (Å²) in [5.41, 5.74) is 2.68. The number of benzene rings is 2. The second-order valence-corrected chi connectivity index (χ2v) is 7.96. The molecule has 1 heterocycles. The first-order chi connectivity index (χ1) is 14.0. The zero-order chi connectivity index (χ0) is 20.4. The molecule has 0 unspecified atom stereocenters. The normalized spacial score (nSPS) is 19.4. The van der Waals surface area contributed by atoms with E-state index in [4.69, 9.17) is 0 Å². The zero-order valence-electron chi connectivity index (χ0n) is 16.5. The second kappa shape index (κ2) is 7.83.